The van der Waals surface area contributed by atoms with Crippen LogP contribution in [0.4, 0.5) is 14.5 Å². The Morgan fingerprint density at radius 3 is 3.00 bits per heavy atom. The molecular formula is C22H18F2N4O3S2. The zero-order valence-electron chi connectivity index (χ0n) is 17.2. The Kier molecular flexibility index (Phi) is 6.09. The SMILES string of the molecule is O=C(CSc1nc2c(sc3ncccc32)c(=O)n1C[C@H]1CCCO1)Nc1ccc(F)cc1F. The quantitative estimate of drug-likeness (QED) is 0.324. The molecule has 0 unspecified atom stereocenters. The van der Waals surface area contributed by atoms with Crippen molar-refractivity contribution in [2.75, 3.05) is 17.7 Å². The molecule has 0 radical (unpaired) electrons. The molecule has 11 heteroatoms. The third kappa shape index (κ3) is 4.48. The van der Waals surface area contributed by atoms with E-state index in [0.717, 1.165) is 42.1 Å². The second-order valence-corrected chi connectivity index (χ2v) is 9.48. The third-order valence-electron chi connectivity index (χ3n) is 5.27. The lowest BCUT2D eigenvalue weighted by Crippen LogP contribution is -2.28. The lowest BCUT2D eigenvalue weighted by Gasteiger charge is -2.15. The summed E-state index contributed by atoms with van der Waals surface area (Å²) in [5.41, 5.74) is 0.229. The Balaban J connectivity index is 1.46. The molecule has 1 aliphatic rings. The van der Waals surface area contributed by atoms with Crippen molar-refractivity contribution in [3.05, 3.63) is 58.5 Å². The first kappa shape index (κ1) is 21.9. The summed E-state index contributed by atoms with van der Waals surface area (Å²) >= 11 is 2.37. The Hall–Kier alpha value is -2.89. The number of pyridine rings is 1. The number of thioether (sulfide) groups is 1. The van der Waals surface area contributed by atoms with Crippen LogP contribution < -0.4 is 10.9 Å². The zero-order chi connectivity index (χ0) is 22.9. The van der Waals surface area contributed by atoms with Gasteiger partial charge in [-0.15, -0.1) is 11.3 Å². The van der Waals surface area contributed by atoms with Gasteiger partial charge in [0, 0.05) is 24.3 Å². The summed E-state index contributed by atoms with van der Waals surface area (Å²) in [6.45, 7) is 0.982. The maximum Gasteiger partial charge on any atom is 0.272 e. The van der Waals surface area contributed by atoms with Gasteiger partial charge in [-0.1, -0.05) is 11.8 Å². The van der Waals surface area contributed by atoms with Gasteiger partial charge in [-0.25, -0.2) is 18.7 Å². The highest BCUT2D eigenvalue weighted by molar-refractivity contribution is 7.99. The third-order valence-corrected chi connectivity index (χ3v) is 7.33. The van der Waals surface area contributed by atoms with E-state index in [0.29, 0.717) is 39.4 Å². The van der Waals surface area contributed by atoms with Crippen LogP contribution in [-0.2, 0) is 16.1 Å². The van der Waals surface area contributed by atoms with E-state index in [4.69, 9.17) is 9.72 Å². The Morgan fingerprint density at radius 2 is 2.21 bits per heavy atom. The Bertz CT molecular complexity index is 1420. The van der Waals surface area contributed by atoms with E-state index in [1.165, 1.54) is 11.3 Å². The molecule has 4 heterocycles. The second-order valence-electron chi connectivity index (χ2n) is 7.54. The fourth-order valence-electron chi connectivity index (χ4n) is 3.71. The van der Waals surface area contributed by atoms with Crippen LogP contribution in [0.2, 0.25) is 0 Å². The molecule has 1 amide bonds. The number of nitrogens with zero attached hydrogens (tertiary/aromatic N) is 3. The largest absolute Gasteiger partial charge is 0.376 e. The van der Waals surface area contributed by atoms with Crippen LogP contribution in [0, 0.1) is 11.6 Å². The number of nitrogens with one attached hydrogen (secondary N) is 1. The highest BCUT2D eigenvalue weighted by Gasteiger charge is 2.22. The fraction of sp³-hybridized carbons (Fsp3) is 0.273. The average Bonchev–Trinajstić information content (AvgIpc) is 3.44. The number of benzene rings is 1. The zero-order valence-corrected chi connectivity index (χ0v) is 18.8. The van der Waals surface area contributed by atoms with Crippen molar-refractivity contribution < 1.29 is 18.3 Å². The van der Waals surface area contributed by atoms with Gasteiger partial charge in [0.1, 0.15) is 21.2 Å². The summed E-state index contributed by atoms with van der Waals surface area (Å²) in [6, 6.07) is 6.57. The summed E-state index contributed by atoms with van der Waals surface area (Å²) in [6.07, 6.45) is 3.33. The normalized spacial score (nSPS) is 16.0. The van der Waals surface area contributed by atoms with Gasteiger partial charge in [-0.2, -0.15) is 0 Å². The highest BCUT2D eigenvalue weighted by atomic mass is 32.2. The molecule has 0 saturated carbocycles. The van der Waals surface area contributed by atoms with Crippen LogP contribution in [0.15, 0.2) is 46.5 Å². The van der Waals surface area contributed by atoms with E-state index in [1.54, 1.807) is 16.8 Å². The summed E-state index contributed by atoms with van der Waals surface area (Å²) in [7, 11) is 0. The molecule has 4 aromatic rings. The average molecular weight is 489 g/mol. The number of hydrogen-bond donors (Lipinski definition) is 1. The lowest BCUT2D eigenvalue weighted by atomic mass is 10.2. The molecule has 1 fully saturated rings. The van der Waals surface area contributed by atoms with E-state index >= 15 is 0 Å². The number of fused-ring (bicyclic) bond motifs is 3. The number of carbonyl (C=O) groups is 1. The molecule has 170 valence electrons. The first-order valence-electron chi connectivity index (χ1n) is 10.3. The number of hydrogen-bond acceptors (Lipinski definition) is 7. The maximum atomic E-state index is 13.9. The summed E-state index contributed by atoms with van der Waals surface area (Å²) in [5, 5.41) is 3.58. The van der Waals surface area contributed by atoms with Gasteiger partial charge in [0.25, 0.3) is 5.56 Å². The van der Waals surface area contributed by atoms with Crippen molar-refractivity contribution in [3.8, 4) is 0 Å². The molecule has 1 N–H and O–H groups in total. The van der Waals surface area contributed by atoms with E-state index < -0.39 is 17.5 Å². The number of anilines is 1. The molecule has 0 aliphatic carbocycles. The molecule has 0 bridgehead atoms. The standard InChI is InChI=1S/C22H18F2N4O3S2/c23-12-5-6-16(15(24)9-12)26-17(29)11-32-22-27-18-14-4-1-7-25-20(14)33-19(18)21(30)28(22)10-13-3-2-8-31-13/h1,4-7,9,13H,2-3,8,10-11H2,(H,26,29)/t13-/m1/s1. The predicted octanol–water partition coefficient (Wildman–Crippen LogP) is 4.19. The molecule has 1 saturated heterocycles. The van der Waals surface area contributed by atoms with Crippen molar-refractivity contribution >= 4 is 55.1 Å². The van der Waals surface area contributed by atoms with Crippen molar-refractivity contribution in [1.82, 2.24) is 14.5 Å². The van der Waals surface area contributed by atoms with Gasteiger partial charge >= 0.3 is 0 Å². The minimum absolute atomic E-state index is 0.101. The Labute approximate surface area is 194 Å². The molecule has 3 aromatic heterocycles. The van der Waals surface area contributed by atoms with E-state index in [1.807, 2.05) is 6.07 Å². The molecule has 1 aliphatic heterocycles. The van der Waals surface area contributed by atoms with Crippen LogP contribution >= 0.6 is 23.1 Å². The molecule has 1 aromatic carbocycles. The highest BCUT2D eigenvalue weighted by Crippen LogP contribution is 2.31. The molecular weight excluding hydrogens is 470 g/mol. The van der Waals surface area contributed by atoms with Crippen molar-refractivity contribution in [2.45, 2.75) is 30.6 Å². The smallest absolute Gasteiger partial charge is 0.272 e. The van der Waals surface area contributed by atoms with Crippen LogP contribution in [-0.4, -0.2) is 38.9 Å². The molecule has 5 rings (SSSR count). The number of rotatable bonds is 6. The molecule has 0 spiro atoms. The van der Waals surface area contributed by atoms with Crippen LogP contribution in [0.5, 0.6) is 0 Å². The summed E-state index contributed by atoms with van der Waals surface area (Å²) in [5.74, 6) is -2.20. The minimum Gasteiger partial charge on any atom is -0.376 e. The van der Waals surface area contributed by atoms with Gasteiger partial charge in [-0.3, -0.25) is 14.2 Å². The summed E-state index contributed by atoms with van der Waals surface area (Å²) < 4.78 is 34.7. The fourth-order valence-corrected chi connectivity index (χ4v) is 5.54. The summed E-state index contributed by atoms with van der Waals surface area (Å²) in [4.78, 5) is 35.6. The number of carbonyl (C=O) groups excluding carboxylic acids is 1. The van der Waals surface area contributed by atoms with E-state index in [9.17, 15) is 18.4 Å². The van der Waals surface area contributed by atoms with Crippen LogP contribution in [0.3, 0.4) is 0 Å². The first-order valence-corrected chi connectivity index (χ1v) is 12.1. The number of amides is 1. The van der Waals surface area contributed by atoms with E-state index in [2.05, 4.69) is 10.3 Å². The van der Waals surface area contributed by atoms with Crippen LogP contribution in [0.1, 0.15) is 12.8 Å². The van der Waals surface area contributed by atoms with Gasteiger partial charge in [-0.05, 0) is 37.1 Å². The molecule has 33 heavy (non-hydrogen) atoms. The van der Waals surface area contributed by atoms with Gasteiger partial charge in [0.05, 0.1) is 29.6 Å². The van der Waals surface area contributed by atoms with Gasteiger partial charge in [0.2, 0.25) is 5.91 Å². The number of aromatic nitrogens is 3. The minimum atomic E-state index is -0.861. The van der Waals surface area contributed by atoms with Crippen molar-refractivity contribution in [1.29, 1.82) is 0 Å². The number of halogens is 2. The van der Waals surface area contributed by atoms with Crippen molar-refractivity contribution in [2.24, 2.45) is 0 Å². The number of ether oxygens (including phenoxy) is 1. The van der Waals surface area contributed by atoms with Gasteiger partial charge < -0.3 is 10.1 Å². The predicted molar refractivity (Wildman–Crippen MR) is 124 cm³/mol. The molecule has 1 atom stereocenters. The monoisotopic (exact) mass is 488 g/mol. The lowest BCUT2D eigenvalue weighted by molar-refractivity contribution is -0.113. The number of thiophene rings is 1. The Morgan fingerprint density at radius 1 is 1.33 bits per heavy atom. The van der Waals surface area contributed by atoms with Gasteiger partial charge in [0.15, 0.2) is 5.16 Å². The molecule has 7 nitrogen and oxygen atoms in total. The van der Waals surface area contributed by atoms with Crippen LogP contribution in [0.25, 0.3) is 20.4 Å². The van der Waals surface area contributed by atoms with E-state index in [-0.39, 0.29) is 23.1 Å². The topological polar surface area (TPSA) is 86.1 Å². The van der Waals surface area contributed by atoms with Crippen molar-refractivity contribution in [3.63, 3.8) is 0 Å². The first-order chi connectivity index (χ1) is 16.0. The second kappa shape index (κ2) is 9.16. The maximum absolute atomic E-state index is 13.9.